The second kappa shape index (κ2) is 7.92. The SMILES string of the molecule is COc1ccc(OC)c(NC(=O)[C@@H]2C[C@H](CC(N)=O)N[C@@]23C(=O)Nc2ccccc23)c1. The van der Waals surface area contributed by atoms with Gasteiger partial charge in [0.05, 0.1) is 25.8 Å². The molecule has 3 atom stereocenters. The van der Waals surface area contributed by atoms with Gasteiger partial charge < -0.3 is 25.8 Å². The van der Waals surface area contributed by atoms with Crippen LogP contribution in [0.5, 0.6) is 11.5 Å². The fourth-order valence-corrected chi connectivity index (χ4v) is 4.52. The van der Waals surface area contributed by atoms with Crippen LogP contribution >= 0.6 is 0 Å². The third-order valence-electron chi connectivity index (χ3n) is 5.86. The number of anilines is 2. The van der Waals surface area contributed by atoms with Gasteiger partial charge in [0.2, 0.25) is 17.7 Å². The Kier molecular flexibility index (Phi) is 5.28. The monoisotopic (exact) mass is 424 g/mol. The summed E-state index contributed by atoms with van der Waals surface area (Å²) in [4.78, 5) is 38.2. The first-order valence-electron chi connectivity index (χ1n) is 9.89. The Bertz CT molecular complexity index is 1060. The largest absolute Gasteiger partial charge is 0.497 e. The van der Waals surface area contributed by atoms with Crippen LogP contribution in [0.25, 0.3) is 0 Å². The van der Waals surface area contributed by atoms with Gasteiger partial charge in [0.25, 0.3) is 0 Å². The van der Waals surface area contributed by atoms with Crippen molar-refractivity contribution in [1.82, 2.24) is 5.32 Å². The molecule has 0 unspecified atom stereocenters. The molecular weight excluding hydrogens is 400 g/mol. The molecule has 3 amide bonds. The van der Waals surface area contributed by atoms with Gasteiger partial charge >= 0.3 is 0 Å². The van der Waals surface area contributed by atoms with Crippen molar-refractivity contribution in [2.75, 3.05) is 24.9 Å². The standard InChI is InChI=1S/C22H24N4O5/c1-30-13-7-8-18(31-2)17(11-13)24-20(28)15-9-12(10-19(23)27)26-22(15)14-5-3-4-6-16(14)25-21(22)29/h3-8,11-12,15,26H,9-10H2,1-2H3,(H2,23,27)(H,24,28)(H,25,29)/t12-,15+,22-/m1/s1. The highest BCUT2D eigenvalue weighted by molar-refractivity contribution is 6.10. The number of nitrogens with two attached hydrogens (primary N) is 1. The molecule has 2 aromatic carbocycles. The molecule has 1 fully saturated rings. The smallest absolute Gasteiger partial charge is 0.250 e. The maximum absolute atomic E-state index is 13.5. The molecule has 1 spiro atoms. The Morgan fingerprint density at radius 2 is 1.97 bits per heavy atom. The van der Waals surface area contributed by atoms with Crippen molar-refractivity contribution in [3.63, 3.8) is 0 Å². The van der Waals surface area contributed by atoms with Crippen LogP contribution in [0.1, 0.15) is 18.4 Å². The number of carbonyl (C=O) groups excluding carboxylic acids is 3. The Morgan fingerprint density at radius 1 is 1.19 bits per heavy atom. The van der Waals surface area contributed by atoms with E-state index in [-0.39, 0.29) is 24.7 Å². The molecule has 4 rings (SSSR count). The number of hydrogen-bond acceptors (Lipinski definition) is 6. The van der Waals surface area contributed by atoms with Crippen LogP contribution in [-0.4, -0.2) is 38.0 Å². The van der Waals surface area contributed by atoms with E-state index < -0.39 is 23.4 Å². The topological polar surface area (TPSA) is 132 Å². The molecule has 0 aliphatic carbocycles. The molecule has 2 aliphatic heterocycles. The highest BCUT2D eigenvalue weighted by Crippen LogP contribution is 2.47. The van der Waals surface area contributed by atoms with Gasteiger partial charge in [-0.3, -0.25) is 19.7 Å². The molecule has 2 aliphatic rings. The molecule has 162 valence electrons. The van der Waals surface area contributed by atoms with E-state index >= 15 is 0 Å². The van der Waals surface area contributed by atoms with Gasteiger partial charge in [0, 0.05) is 29.8 Å². The van der Waals surface area contributed by atoms with E-state index in [9.17, 15) is 14.4 Å². The maximum Gasteiger partial charge on any atom is 0.250 e. The number of ether oxygens (including phenoxy) is 2. The van der Waals surface area contributed by atoms with E-state index in [0.29, 0.717) is 28.4 Å². The minimum Gasteiger partial charge on any atom is -0.497 e. The maximum atomic E-state index is 13.5. The summed E-state index contributed by atoms with van der Waals surface area (Å²) < 4.78 is 10.6. The lowest BCUT2D eigenvalue weighted by Crippen LogP contribution is -2.52. The third-order valence-corrected chi connectivity index (χ3v) is 5.86. The van der Waals surface area contributed by atoms with Gasteiger partial charge in [-0.2, -0.15) is 0 Å². The van der Waals surface area contributed by atoms with Gasteiger partial charge in [-0.25, -0.2) is 0 Å². The minimum atomic E-state index is -1.30. The number of methoxy groups -OCH3 is 2. The first-order chi connectivity index (χ1) is 14.9. The number of nitrogens with one attached hydrogen (secondary N) is 3. The molecule has 5 N–H and O–H groups in total. The predicted octanol–water partition coefficient (Wildman–Crippen LogP) is 1.34. The number of para-hydroxylation sites is 1. The summed E-state index contributed by atoms with van der Waals surface area (Å²) in [7, 11) is 3.02. The van der Waals surface area contributed by atoms with Crippen LogP contribution in [0.2, 0.25) is 0 Å². The highest BCUT2D eigenvalue weighted by atomic mass is 16.5. The zero-order valence-electron chi connectivity index (χ0n) is 17.2. The number of primary amides is 1. The summed E-state index contributed by atoms with van der Waals surface area (Å²) in [6, 6.07) is 11.8. The second-order valence-corrected chi connectivity index (χ2v) is 7.66. The second-order valence-electron chi connectivity index (χ2n) is 7.66. The number of fused-ring (bicyclic) bond motifs is 2. The summed E-state index contributed by atoms with van der Waals surface area (Å²) in [6.45, 7) is 0. The summed E-state index contributed by atoms with van der Waals surface area (Å²) >= 11 is 0. The van der Waals surface area contributed by atoms with Crippen molar-refractivity contribution in [3.05, 3.63) is 48.0 Å². The first-order valence-corrected chi connectivity index (χ1v) is 9.89. The average Bonchev–Trinajstić information content (AvgIpc) is 3.26. The predicted molar refractivity (Wildman–Crippen MR) is 114 cm³/mol. The van der Waals surface area contributed by atoms with Crippen molar-refractivity contribution in [1.29, 1.82) is 0 Å². The molecule has 0 aromatic heterocycles. The fourth-order valence-electron chi connectivity index (χ4n) is 4.52. The molecule has 9 heteroatoms. The van der Waals surface area contributed by atoms with E-state index in [0.717, 1.165) is 0 Å². The van der Waals surface area contributed by atoms with Crippen LogP contribution in [-0.2, 0) is 19.9 Å². The van der Waals surface area contributed by atoms with Crippen LogP contribution in [0, 0.1) is 5.92 Å². The van der Waals surface area contributed by atoms with E-state index in [1.807, 2.05) is 12.1 Å². The Morgan fingerprint density at radius 3 is 2.68 bits per heavy atom. The Labute approximate surface area is 179 Å². The molecule has 2 aromatic rings. The van der Waals surface area contributed by atoms with Crippen molar-refractivity contribution >= 4 is 29.1 Å². The van der Waals surface area contributed by atoms with E-state index in [4.69, 9.17) is 15.2 Å². The van der Waals surface area contributed by atoms with Gasteiger partial charge in [0.15, 0.2) is 0 Å². The Hall–Kier alpha value is -3.59. The lowest BCUT2D eigenvalue weighted by atomic mass is 9.79. The number of hydrogen-bond donors (Lipinski definition) is 4. The lowest BCUT2D eigenvalue weighted by Gasteiger charge is -2.29. The van der Waals surface area contributed by atoms with Crippen LogP contribution in [0.3, 0.4) is 0 Å². The number of benzene rings is 2. The van der Waals surface area contributed by atoms with Crippen molar-refractivity contribution in [2.45, 2.75) is 24.4 Å². The summed E-state index contributed by atoms with van der Waals surface area (Å²) in [5, 5.41) is 8.97. The molecule has 0 bridgehead atoms. The highest BCUT2D eigenvalue weighted by Gasteiger charge is 2.60. The number of rotatable bonds is 6. The molecule has 0 radical (unpaired) electrons. The number of amides is 3. The van der Waals surface area contributed by atoms with Gasteiger partial charge in [-0.05, 0) is 24.6 Å². The van der Waals surface area contributed by atoms with Gasteiger partial charge in [-0.1, -0.05) is 18.2 Å². The normalized spacial score (nSPS) is 23.9. The van der Waals surface area contributed by atoms with E-state index in [2.05, 4.69) is 16.0 Å². The van der Waals surface area contributed by atoms with E-state index in [1.54, 1.807) is 30.3 Å². The summed E-state index contributed by atoms with van der Waals surface area (Å²) in [6.07, 6.45) is 0.284. The molecule has 9 nitrogen and oxygen atoms in total. The molecular formula is C22H24N4O5. The average molecular weight is 424 g/mol. The third kappa shape index (κ3) is 3.46. The first kappa shape index (κ1) is 20.7. The van der Waals surface area contributed by atoms with Crippen LogP contribution < -0.4 is 31.2 Å². The quantitative estimate of drug-likeness (QED) is 0.553. The molecule has 31 heavy (non-hydrogen) atoms. The fraction of sp³-hybridized carbons (Fsp3) is 0.318. The zero-order chi connectivity index (χ0) is 22.2. The van der Waals surface area contributed by atoms with Gasteiger partial charge in [0.1, 0.15) is 17.0 Å². The van der Waals surface area contributed by atoms with Crippen LogP contribution in [0.15, 0.2) is 42.5 Å². The molecule has 1 saturated heterocycles. The van der Waals surface area contributed by atoms with Crippen molar-refractivity contribution in [2.24, 2.45) is 11.7 Å². The zero-order valence-corrected chi connectivity index (χ0v) is 17.2. The van der Waals surface area contributed by atoms with Crippen molar-refractivity contribution in [3.8, 4) is 11.5 Å². The molecule has 2 heterocycles. The molecule has 0 saturated carbocycles. The number of carbonyl (C=O) groups is 3. The van der Waals surface area contributed by atoms with Crippen LogP contribution in [0.4, 0.5) is 11.4 Å². The minimum absolute atomic E-state index is 0.0173. The summed E-state index contributed by atoms with van der Waals surface area (Å²) in [5.41, 5.74) is 5.82. The Balaban J connectivity index is 1.72. The van der Waals surface area contributed by atoms with Gasteiger partial charge in [-0.15, -0.1) is 0 Å². The van der Waals surface area contributed by atoms with E-state index in [1.165, 1.54) is 14.2 Å². The van der Waals surface area contributed by atoms with Crippen molar-refractivity contribution < 1.29 is 23.9 Å². The lowest BCUT2D eigenvalue weighted by molar-refractivity contribution is -0.130. The summed E-state index contributed by atoms with van der Waals surface area (Å²) in [5.74, 6) is -0.993.